The van der Waals surface area contributed by atoms with Crippen LogP contribution in [0.1, 0.15) is 26.3 Å². The molecule has 0 aliphatic carbocycles. The molecule has 0 unspecified atom stereocenters. The van der Waals surface area contributed by atoms with Crippen LogP contribution < -0.4 is 4.74 Å². The molecule has 0 fully saturated rings. The van der Waals surface area contributed by atoms with Crippen LogP contribution in [0.25, 0.3) is 0 Å². The molecule has 0 spiro atoms. The van der Waals surface area contributed by atoms with Crippen LogP contribution in [0.2, 0.25) is 0 Å². The first-order valence-electron chi connectivity index (χ1n) is 4.94. The van der Waals surface area contributed by atoms with Gasteiger partial charge < -0.3 is 4.74 Å². The second-order valence-corrected chi connectivity index (χ2v) is 4.30. The highest BCUT2D eigenvalue weighted by atomic mass is 19.1. The Kier molecular flexibility index (Phi) is 3.18. The topological polar surface area (TPSA) is 9.23 Å². The highest BCUT2D eigenvalue weighted by Crippen LogP contribution is 2.24. The van der Waals surface area contributed by atoms with Crippen molar-refractivity contribution in [1.82, 2.24) is 0 Å². The normalized spacial score (nSPS) is 11.3. The van der Waals surface area contributed by atoms with Crippen LogP contribution in [0.4, 0.5) is 4.39 Å². The van der Waals surface area contributed by atoms with Gasteiger partial charge in [0.05, 0.1) is 0 Å². The molecule has 0 amide bonds. The van der Waals surface area contributed by atoms with Crippen molar-refractivity contribution in [1.29, 1.82) is 0 Å². The van der Waals surface area contributed by atoms with Crippen molar-refractivity contribution < 1.29 is 9.13 Å². The van der Waals surface area contributed by atoms with Gasteiger partial charge in [-0.25, -0.2) is 4.39 Å². The summed E-state index contributed by atoms with van der Waals surface area (Å²) < 4.78 is 18.7. The molecule has 1 aromatic rings. The third-order valence-electron chi connectivity index (χ3n) is 2.53. The zero-order valence-electron chi connectivity index (χ0n) is 9.73. The Hall–Kier alpha value is -1.31. The maximum absolute atomic E-state index is 13.0. The Balaban J connectivity index is 2.91. The van der Waals surface area contributed by atoms with Crippen molar-refractivity contribution in [3.05, 3.63) is 41.7 Å². The first-order chi connectivity index (χ1) is 6.83. The van der Waals surface area contributed by atoms with Gasteiger partial charge in [-0.15, -0.1) is 0 Å². The number of hydrogen-bond acceptors (Lipinski definition) is 1. The zero-order valence-corrected chi connectivity index (χ0v) is 9.73. The van der Waals surface area contributed by atoms with Gasteiger partial charge in [-0.05, 0) is 57.0 Å². The monoisotopic (exact) mass is 208 g/mol. The van der Waals surface area contributed by atoms with Gasteiger partial charge in [0.1, 0.15) is 17.2 Å². The summed E-state index contributed by atoms with van der Waals surface area (Å²) in [6.45, 7) is 11.4. The van der Waals surface area contributed by atoms with Crippen LogP contribution in [0.3, 0.4) is 0 Å². The van der Waals surface area contributed by atoms with Crippen LogP contribution in [0, 0.1) is 12.7 Å². The number of halogens is 1. The van der Waals surface area contributed by atoms with Gasteiger partial charge in [-0.1, -0.05) is 6.58 Å². The predicted octanol–water partition coefficient (Wildman–Crippen LogP) is 3.87. The van der Waals surface area contributed by atoms with E-state index >= 15 is 0 Å². The average molecular weight is 208 g/mol. The third-order valence-corrected chi connectivity index (χ3v) is 2.53. The van der Waals surface area contributed by atoms with Gasteiger partial charge in [0.25, 0.3) is 0 Å². The van der Waals surface area contributed by atoms with Crippen molar-refractivity contribution in [2.45, 2.75) is 33.3 Å². The fraction of sp³-hybridized carbons (Fsp3) is 0.385. The summed E-state index contributed by atoms with van der Waals surface area (Å²) >= 11 is 0. The van der Waals surface area contributed by atoms with E-state index in [1.807, 2.05) is 20.8 Å². The number of hydrogen-bond donors (Lipinski definition) is 0. The van der Waals surface area contributed by atoms with E-state index in [0.717, 1.165) is 5.57 Å². The molecule has 1 rings (SSSR count). The van der Waals surface area contributed by atoms with E-state index in [1.165, 1.54) is 6.07 Å². The van der Waals surface area contributed by atoms with E-state index in [2.05, 4.69) is 6.58 Å². The molecule has 15 heavy (non-hydrogen) atoms. The summed E-state index contributed by atoms with van der Waals surface area (Å²) in [4.78, 5) is 0. The quantitative estimate of drug-likeness (QED) is 0.685. The second kappa shape index (κ2) is 4.05. The lowest BCUT2D eigenvalue weighted by molar-refractivity contribution is 0.149. The van der Waals surface area contributed by atoms with E-state index < -0.39 is 5.60 Å². The zero-order chi connectivity index (χ0) is 11.6. The van der Waals surface area contributed by atoms with Gasteiger partial charge in [-0.2, -0.15) is 0 Å². The molecular weight excluding hydrogens is 191 g/mol. The lowest BCUT2D eigenvalue weighted by atomic mass is 10.0. The lowest BCUT2D eigenvalue weighted by Gasteiger charge is -2.27. The van der Waals surface area contributed by atoms with Crippen LogP contribution in [0.15, 0.2) is 30.4 Å². The summed E-state index contributed by atoms with van der Waals surface area (Å²) in [5, 5.41) is 0. The fourth-order valence-electron chi connectivity index (χ4n) is 1.06. The summed E-state index contributed by atoms with van der Waals surface area (Å²) in [5.41, 5.74) is 1.10. The lowest BCUT2D eigenvalue weighted by Crippen LogP contribution is -2.29. The van der Waals surface area contributed by atoms with Gasteiger partial charge in [0, 0.05) is 0 Å². The predicted molar refractivity (Wildman–Crippen MR) is 60.7 cm³/mol. The molecule has 1 nitrogen and oxygen atoms in total. The van der Waals surface area contributed by atoms with Gasteiger partial charge in [0.15, 0.2) is 0 Å². The van der Waals surface area contributed by atoms with Crippen molar-refractivity contribution in [2.75, 3.05) is 0 Å². The van der Waals surface area contributed by atoms with Gasteiger partial charge >= 0.3 is 0 Å². The Labute approximate surface area is 90.6 Å². The van der Waals surface area contributed by atoms with E-state index in [-0.39, 0.29) is 5.82 Å². The molecule has 0 aliphatic heterocycles. The van der Waals surface area contributed by atoms with Gasteiger partial charge in [0.2, 0.25) is 0 Å². The SMILES string of the molecule is C=C(C)C(C)(C)Oc1ccc(F)c(C)c1. The Bertz CT molecular complexity index is 380. The van der Waals surface area contributed by atoms with Crippen LogP contribution >= 0.6 is 0 Å². The van der Waals surface area contributed by atoms with E-state index in [4.69, 9.17) is 4.74 Å². The maximum atomic E-state index is 13.0. The van der Waals surface area contributed by atoms with Crippen LogP contribution in [0.5, 0.6) is 5.75 Å². The van der Waals surface area contributed by atoms with E-state index in [9.17, 15) is 4.39 Å². The van der Waals surface area contributed by atoms with E-state index in [0.29, 0.717) is 11.3 Å². The first kappa shape index (κ1) is 11.8. The van der Waals surface area contributed by atoms with Crippen molar-refractivity contribution in [3.63, 3.8) is 0 Å². The van der Waals surface area contributed by atoms with Crippen molar-refractivity contribution in [3.8, 4) is 5.75 Å². The average Bonchev–Trinajstić information content (AvgIpc) is 2.10. The van der Waals surface area contributed by atoms with Crippen molar-refractivity contribution in [2.24, 2.45) is 0 Å². The smallest absolute Gasteiger partial charge is 0.126 e. The van der Waals surface area contributed by atoms with Crippen molar-refractivity contribution >= 4 is 0 Å². The summed E-state index contributed by atoms with van der Waals surface area (Å²) in [6.07, 6.45) is 0. The minimum Gasteiger partial charge on any atom is -0.484 e. The largest absolute Gasteiger partial charge is 0.484 e. The summed E-state index contributed by atoms with van der Waals surface area (Å²) in [6, 6.07) is 4.74. The number of rotatable bonds is 3. The van der Waals surface area contributed by atoms with Gasteiger partial charge in [-0.3, -0.25) is 0 Å². The Morgan fingerprint density at radius 1 is 1.40 bits per heavy atom. The molecule has 0 heterocycles. The molecule has 0 saturated carbocycles. The fourth-order valence-corrected chi connectivity index (χ4v) is 1.06. The standard InChI is InChI=1S/C13H17FO/c1-9(2)13(4,5)15-11-6-7-12(14)10(3)8-11/h6-8H,1H2,2-5H3. The summed E-state index contributed by atoms with van der Waals surface area (Å²) in [5.74, 6) is 0.456. The molecule has 2 heteroatoms. The Morgan fingerprint density at radius 2 is 2.00 bits per heavy atom. The molecule has 0 bridgehead atoms. The Morgan fingerprint density at radius 3 is 2.47 bits per heavy atom. The third kappa shape index (κ3) is 2.82. The number of aryl methyl sites for hydroxylation is 1. The molecular formula is C13H17FO. The molecule has 1 aromatic carbocycles. The van der Waals surface area contributed by atoms with Crippen LogP contribution in [-0.4, -0.2) is 5.60 Å². The minimum absolute atomic E-state index is 0.213. The molecule has 0 aromatic heterocycles. The molecule has 0 saturated heterocycles. The molecule has 82 valence electrons. The molecule has 0 aliphatic rings. The summed E-state index contributed by atoms with van der Waals surface area (Å²) in [7, 11) is 0. The highest BCUT2D eigenvalue weighted by molar-refractivity contribution is 5.30. The minimum atomic E-state index is -0.426. The molecule has 0 atom stereocenters. The second-order valence-electron chi connectivity index (χ2n) is 4.30. The number of ether oxygens (including phenoxy) is 1. The number of benzene rings is 1. The van der Waals surface area contributed by atoms with E-state index in [1.54, 1.807) is 19.1 Å². The van der Waals surface area contributed by atoms with Crippen LogP contribution in [-0.2, 0) is 0 Å². The highest BCUT2D eigenvalue weighted by Gasteiger charge is 2.20. The molecule has 0 radical (unpaired) electrons. The molecule has 0 N–H and O–H groups in total. The first-order valence-corrected chi connectivity index (χ1v) is 4.94. The maximum Gasteiger partial charge on any atom is 0.126 e.